The minimum absolute atomic E-state index is 0.0242. The summed E-state index contributed by atoms with van der Waals surface area (Å²) in [4.78, 5) is 44.7. The number of hydrogen-bond acceptors (Lipinski definition) is 4. The van der Waals surface area contributed by atoms with Gasteiger partial charge in [0.05, 0.1) is 17.2 Å². The lowest BCUT2D eigenvalue weighted by atomic mass is 9.72. The maximum atomic E-state index is 13.7. The van der Waals surface area contributed by atoms with Crippen molar-refractivity contribution in [2.75, 3.05) is 0 Å². The summed E-state index contributed by atoms with van der Waals surface area (Å²) in [5.41, 5.74) is 6.97. The van der Waals surface area contributed by atoms with Crippen LogP contribution in [0.15, 0.2) is 44.9 Å². The third-order valence-corrected chi connectivity index (χ3v) is 7.32. The Balaban J connectivity index is 1.97. The summed E-state index contributed by atoms with van der Waals surface area (Å²) >= 11 is 0. The standard InChI is InChI=1S/C26H25N3O3/c1-12-11-13(2)15(4)18(14(12)3)19-20-22(16-9-7-8-10-17(16)23(20)30)27-24-21(19)25(31)29(6)26(32)28(24)5/h7-11,19-20H,1-6H3/t19-,20+/m1/s1. The zero-order valence-corrected chi connectivity index (χ0v) is 19.1. The SMILES string of the molecule is Cc1cc(C)c(C)c([C@H]2c3c(n(C)c(=O)n(C)c3=O)N=C3c4ccccc4C(=O)[C@H]32)c1C. The Labute approximate surface area is 185 Å². The summed E-state index contributed by atoms with van der Waals surface area (Å²) in [7, 11) is 3.11. The monoisotopic (exact) mass is 427 g/mol. The van der Waals surface area contributed by atoms with Crippen LogP contribution < -0.4 is 11.2 Å². The van der Waals surface area contributed by atoms with Crippen LogP contribution in [-0.4, -0.2) is 20.6 Å². The van der Waals surface area contributed by atoms with Crippen LogP contribution in [0.5, 0.6) is 0 Å². The number of carbonyl (C=O) groups is 1. The van der Waals surface area contributed by atoms with E-state index in [1.807, 2.05) is 52.0 Å². The maximum Gasteiger partial charge on any atom is 0.332 e. The quantitative estimate of drug-likeness (QED) is 0.598. The predicted octanol–water partition coefficient (Wildman–Crippen LogP) is 3.40. The lowest BCUT2D eigenvalue weighted by Gasteiger charge is -2.32. The fourth-order valence-corrected chi connectivity index (χ4v) is 5.39. The molecule has 0 fully saturated rings. The number of hydrogen-bond donors (Lipinski definition) is 0. The van der Waals surface area contributed by atoms with Crippen LogP contribution in [0.3, 0.4) is 0 Å². The zero-order valence-electron chi connectivity index (χ0n) is 19.1. The molecule has 0 N–H and O–H groups in total. The van der Waals surface area contributed by atoms with Gasteiger partial charge in [-0.2, -0.15) is 0 Å². The molecule has 2 heterocycles. The lowest BCUT2D eigenvalue weighted by Crippen LogP contribution is -2.43. The first-order valence-corrected chi connectivity index (χ1v) is 10.7. The highest BCUT2D eigenvalue weighted by Crippen LogP contribution is 2.48. The van der Waals surface area contributed by atoms with E-state index in [0.717, 1.165) is 37.9 Å². The molecule has 1 aliphatic carbocycles. The Morgan fingerprint density at radius 3 is 2.00 bits per heavy atom. The van der Waals surface area contributed by atoms with E-state index in [-0.39, 0.29) is 5.78 Å². The number of nitrogens with zero attached hydrogens (tertiary/aromatic N) is 3. The molecule has 1 aliphatic heterocycles. The van der Waals surface area contributed by atoms with Gasteiger partial charge >= 0.3 is 5.69 Å². The van der Waals surface area contributed by atoms with Crippen molar-refractivity contribution in [1.29, 1.82) is 0 Å². The van der Waals surface area contributed by atoms with Crippen molar-refractivity contribution < 1.29 is 4.79 Å². The highest BCUT2D eigenvalue weighted by Gasteiger charge is 2.48. The van der Waals surface area contributed by atoms with Crippen LogP contribution in [0.4, 0.5) is 5.82 Å². The van der Waals surface area contributed by atoms with Crippen molar-refractivity contribution in [3.63, 3.8) is 0 Å². The van der Waals surface area contributed by atoms with Crippen molar-refractivity contribution in [1.82, 2.24) is 9.13 Å². The largest absolute Gasteiger partial charge is 0.332 e. The average Bonchev–Trinajstić information content (AvgIpc) is 3.06. The first-order chi connectivity index (χ1) is 15.1. The van der Waals surface area contributed by atoms with Gasteiger partial charge in [0.15, 0.2) is 5.78 Å². The molecule has 2 atom stereocenters. The summed E-state index contributed by atoms with van der Waals surface area (Å²) < 4.78 is 2.54. The fraction of sp³-hybridized carbons (Fsp3) is 0.308. The molecular formula is C26H25N3O3. The highest BCUT2D eigenvalue weighted by molar-refractivity contribution is 6.30. The van der Waals surface area contributed by atoms with Crippen molar-refractivity contribution in [2.24, 2.45) is 25.0 Å². The molecular weight excluding hydrogens is 402 g/mol. The number of benzene rings is 2. The molecule has 32 heavy (non-hydrogen) atoms. The van der Waals surface area contributed by atoms with Gasteiger partial charge in [-0.3, -0.25) is 18.7 Å². The van der Waals surface area contributed by atoms with E-state index in [1.165, 1.54) is 11.6 Å². The molecule has 0 saturated carbocycles. The van der Waals surface area contributed by atoms with Crippen LogP contribution in [-0.2, 0) is 14.1 Å². The van der Waals surface area contributed by atoms with E-state index in [0.29, 0.717) is 22.7 Å². The van der Waals surface area contributed by atoms with E-state index >= 15 is 0 Å². The third-order valence-electron chi connectivity index (χ3n) is 7.32. The number of ketones is 1. The molecule has 162 valence electrons. The van der Waals surface area contributed by atoms with Crippen molar-refractivity contribution in [2.45, 2.75) is 33.6 Å². The van der Waals surface area contributed by atoms with E-state index < -0.39 is 23.1 Å². The maximum absolute atomic E-state index is 13.7. The van der Waals surface area contributed by atoms with E-state index in [1.54, 1.807) is 7.05 Å². The number of rotatable bonds is 1. The smallest absolute Gasteiger partial charge is 0.293 e. The van der Waals surface area contributed by atoms with Crippen LogP contribution in [0.1, 0.15) is 55.2 Å². The number of aryl methyl sites for hydroxylation is 2. The van der Waals surface area contributed by atoms with Crippen molar-refractivity contribution in [3.8, 4) is 0 Å². The van der Waals surface area contributed by atoms with Gasteiger partial charge in [0.2, 0.25) is 0 Å². The molecule has 3 aromatic rings. The number of fused-ring (bicyclic) bond motifs is 4. The van der Waals surface area contributed by atoms with Crippen LogP contribution in [0, 0.1) is 33.6 Å². The van der Waals surface area contributed by atoms with Gasteiger partial charge < -0.3 is 0 Å². The number of Topliss-reactive ketones (excluding diaryl/α,β-unsaturated/α-hetero) is 1. The van der Waals surface area contributed by atoms with Crippen molar-refractivity contribution >= 4 is 17.3 Å². The van der Waals surface area contributed by atoms with E-state index in [2.05, 4.69) is 6.07 Å². The second-order valence-corrected chi connectivity index (χ2v) is 8.98. The molecule has 0 amide bonds. The first kappa shape index (κ1) is 20.4. The number of carbonyl (C=O) groups excluding carboxylic acids is 1. The molecule has 5 rings (SSSR count). The van der Waals surface area contributed by atoms with Gasteiger partial charge in [-0.1, -0.05) is 30.3 Å². The molecule has 2 aliphatic rings. The summed E-state index contributed by atoms with van der Waals surface area (Å²) in [6.07, 6.45) is 0. The minimum atomic E-state index is -0.594. The Hall–Kier alpha value is -3.54. The molecule has 0 radical (unpaired) electrons. The third kappa shape index (κ3) is 2.46. The molecule has 0 spiro atoms. The molecule has 0 saturated heterocycles. The van der Waals surface area contributed by atoms with Gasteiger partial charge in [-0.05, 0) is 55.5 Å². The molecule has 6 nitrogen and oxygen atoms in total. The lowest BCUT2D eigenvalue weighted by molar-refractivity contribution is 0.0953. The normalized spacial score (nSPS) is 18.8. The molecule has 1 aromatic heterocycles. The van der Waals surface area contributed by atoms with Crippen LogP contribution in [0.25, 0.3) is 0 Å². The van der Waals surface area contributed by atoms with Crippen molar-refractivity contribution in [3.05, 3.63) is 95.7 Å². The predicted molar refractivity (Wildman–Crippen MR) is 125 cm³/mol. The Morgan fingerprint density at radius 2 is 1.38 bits per heavy atom. The average molecular weight is 428 g/mol. The molecule has 6 heteroatoms. The molecule has 0 unspecified atom stereocenters. The van der Waals surface area contributed by atoms with Gasteiger partial charge in [-0.15, -0.1) is 0 Å². The molecule has 0 bridgehead atoms. The summed E-state index contributed by atoms with van der Waals surface area (Å²) in [5, 5.41) is 0. The fourth-order valence-electron chi connectivity index (χ4n) is 5.39. The highest BCUT2D eigenvalue weighted by atomic mass is 16.2. The van der Waals surface area contributed by atoms with Gasteiger partial charge in [0.1, 0.15) is 5.82 Å². The Bertz CT molecular complexity index is 1480. The van der Waals surface area contributed by atoms with Gasteiger partial charge in [-0.25, -0.2) is 9.79 Å². The van der Waals surface area contributed by atoms with E-state index in [4.69, 9.17) is 4.99 Å². The summed E-state index contributed by atoms with van der Waals surface area (Å²) in [5.74, 6) is -0.786. The van der Waals surface area contributed by atoms with Crippen LogP contribution in [0.2, 0.25) is 0 Å². The first-order valence-electron chi connectivity index (χ1n) is 10.7. The number of aromatic nitrogens is 2. The Morgan fingerprint density at radius 1 is 0.781 bits per heavy atom. The van der Waals surface area contributed by atoms with E-state index in [9.17, 15) is 14.4 Å². The topological polar surface area (TPSA) is 73.4 Å². The number of aliphatic imine (C=N–C) groups is 1. The van der Waals surface area contributed by atoms with Gasteiger partial charge in [0, 0.05) is 31.1 Å². The minimum Gasteiger partial charge on any atom is -0.293 e. The summed E-state index contributed by atoms with van der Waals surface area (Å²) in [6.45, 7) is 8.19. The Kier molecular flexibility index (Phi) is 4.28. The zero-order chi connectivity index (χ0) is 23.1. The van der Waals surface area contributed by atoms with Crippen LogP contribution >= 0.6 is 0 Å². The summed E-state index contributed by atoms with van der Waals surface area (Å²) in [6, 6.07) is 9.58. The second kappa shape index (κ2) is 6.73. The molecule has 2 aromatic carbocycles. The van der Waals surface area contributed by atoms with Gasteiger partial charge in [0.25, 0.3) is 5.56 Å². The second-order valence-electron chi connectivity index (χ2n) is 8.98.